The second-order valence-corrected chi connectivity index (χ2v) is 6.84. The first-order valence-electron chi connectivity index (χ1n) is 6.90. The quantitative estimate of drug-likeness (QED) is 0.889. The summed E-state index contributed by atoms with van der Waals surface area (Å²) in [6.07, 6.45) is 1.21. The van der Waals surface area contributed by atoms with Crippen molar-refractivity contribution in [1.82, 2.24) is 5.32 Å². The molecule has 2 aromatic rings. The third kappa shape index (κ3) is 3.90. The van der Waals surface area contributed by atoms with Crippen LogP contribution in [0.5, 0.6) is 0 Å². The number of rotatable bonds is 6. The molecule has 0 radical (unpaired) electrons. The van der Waals surface area contributed by atoms with Gasteiger partial charge in [0.2, 0.25) is 0 Å². The molecule has 0 aromatic carbocycles. The Kier molecular flexibility index (Phi) is 5.22. The van der Waals surface area contributed by atoms with Gasteiger partial charge >= 0.3 is 0 Å². The molecular formula is C15H19NO2S2. The zero-order chi connectivity index (χ0) is 13.6. The van der Waals surface area contributed by atoms with E-state index in [1.165, 1.54) is 9.75 Å². The fourth-order valence-corrected chi connectivity index (χ4v) is 3.88. The summed E-state index contributed by atoms with van der Waals surface area (Å²) in [5.74, 6) is 0. The van der Waals surface area contributed by atoms with Crippen molar-refractivity contribution >= 4 is 22.7 Å². The largest absolute Gasteiger partial charge is 0.376 e. The summed E-state index contributed by atoms with van der Waals surface area (Å²) in [6.45, 7) is 2.97. The van der Waals surface area contributed by atoms with Crippen LogP contribution < -0.4 is 5.32 Å². The minimum absolute atomic E-state index is 0.176. The molecule has 1 aliphatic rings. The van der Waals surface area contributed by atoms with Gasteiger partial charge in [0.25, 0.3) is 0 Å². The van der Waals surface area contributed by atoms with Crippen molar-refractivity contribution in [3.05, 3.63) is 44.8 Å². The van der Waals surface area contributed by atoms with Crippen LogP contribution in [-0.4, -0.2) is 32.5 Å². The molecule has 1 aliphatic heterocycles. The molecule has 2 aromatic heterocycles. The van der Waals surface area contributed by atoms with E-state index in [0.29, 0.717) is 19.3 Å². The van der Waals surface area contributed by atoms with Gasteiger partial charge < -0.3 is 14.8 Å². The van der Waals surface area contributed by atoms with Gasteiger partial charge in [-0.3, -0.25) is 0 Å². The van der Waals surface area contributed by atoms with Crippen molar-refractivity contribution in [3.63, 3.8) is 0 Å². The molecule has 1 N–H and O–H groups in total. The van der Waals surface area contributed by atoms with Crippen LogP contribution in [0.25, 0.3) is 0 Å². The third-order valence-corrected chi connectivity index (χ3v) is 5.23. The van der Waals surface area contributed by atoms with Gasteiger partial charge in [0, 0.05) is 28.8 Å². The number of nitrogens with one attached hydrogen (secondary N) is 1. The van der Waals surface area contributed by atoms with Crippen molar-refractivity contribution in [2.75, 3.05) is 26.4 Å². The summed E-state index contributed by atoms with van der Waals surface area (Å²) >= 11 is 3.63. The lowest BCUT2D eigenvalue weighted by Gasteiger charge is -2.25. The molecule has 20 heavy (non-hydrogen) atoms. The maximum Gasteiger partial charge on any atom is 0.0933 e. The minimum Gasteiger partial charge on any atom is -0.376 e. The normalized spacial score (nSPS) is 20.9. The van der Waals surface area contributed by atoms with Crippen LogP contribution in [-0.2, 0) is 15.9 Å². The summed E-state index contributed by atoms with van der Waals surface area (Å²) < 4.78 is 11.2. The molecule has 2 atom stereocenters. The Morgan fingerprint density at radius 2 is 2.10 bits per heavy atom. The zero-order valence-electron chi connectivity index (χ0n) is 11.3. The number of ether oxygens (including phenoxy) is 2. The fourth-order valence-electron chi connectivity index (χ4n) is 2.32. The van der Waals surface area contributed by atoms with E-state index in [-0.39, 0.29) is 6.10 Å². The first-order chi connectivity index (χ1) is 9.92. The first kappa shape index (κ1) is 14.2. The average Bonchev–Trinajstić information content (AvgIpc) is 3.17. The Bertz CT molecular complexity index is 478. The lowest BCUT2D eigenvalue weighted by Crippen LogP contribution is -2.39. The summed E-state index contributed by atoms with van der Waals surface area (Å²) in [6, 6.07) is 8.99. The topological polar surface area (TPSA) is 30.5 Å². The van der Waals surface area contributed by atoms with Crippen molar-refractivity contribution in [1.29, 1.82) is 0 Å². The smallest absolute Gasteiger partial charge is 0.0933 e. The molecule has 2 unspecified atom stereocenters. The molecule has 0 bridgehead atoms. The second kappa shape index (κ2) is 7.33. The molecule has 108 valence electrons. The van der Waals surface area contributed by atoms with Gasteiger partial charge in [-0.25, -0.2) is 0 Å². The standard InChI is InChI=1S/C15H19NO2S2/c1-3-13(19-7-1)9-14(15-4-2-8-20-15)16-10-12-11-17-5-6-18-12/h1-4,7-8,12,14,16H,5-6,9-11H2. The van der Waals surface area contributed by atoms with Crippen LogP contribution in [0.15, 0.2) is 35.0 Å². The van der Waals surface area contributed by atoms with E-state index in [1.54, 1.807) is 0 Å². The molecule has 5 heteroatoms. The minimum atomic E-state index is 0.176. The van der Waals surface area contributed by atoms with E-state index in [9.17, 15) is 0 Å². The summed E-state index contributed by atoms with van der Waals surface area (Å²) in [5.41, 5.74) is 0. The Morgan fingerprint density at radius 1 is 1.20 bits per heavy atom. The Balaban J connectivity index is 1.60. The van der Waals surface area contributed by atoms with Gasteiger partial charge in [-0.05, 0) is 22.9 Å². The molecule has 0 amide bonds. The maximum absolute atomic E-state index is 5.70. The lowest BCUT2D eigenvalue weighted by molar-refractivity contribution is -0.0870. The first-order valence-corrected chi connectivity index (χ1v) is 8.66. The molecule has 3 heterocycles. The van der Waals surface area contributed by atoms with Crippen LogP contribution >= 0.6 is 22.7 Å². The van der Waals surface area contributed by atoms with Crippen molar-refractivity contribution in [2.24, 2.45) is 0 Å². The van der Waals surface area contributed by atoms with Gasteiger partial charge in [0.05, 0.1) is 25.9 Å². The third-order valence-electron chi connectivity index (χ3n) is 3.35. The van der Waals surface area contributed by atoms with E-state index in [4.69, 9.17) is 9.47 Å². The summed E-state index contributed by atoms with van der Waals surface area (Å²) in [4.78, 5) is 2.80. The number of hydrogen-bond acceptors (Lipinski definition) is 5. The Hall–Kier alpha value is -0.720. The van der Waals surface area contributed by atoms with E-state index in [1.807, 2.05) is 22.7 Å². The van der Waals surface area contributed by atoms with E-state index in [2.05, 4.69) is 40.3 Å². The Labute approximate surface area is 127 Å². The highest BCUT2D eigenvalue weighted by Gasteiger charge is 2.18. The molecular weight excluding hydrogens is 290 g/mol. The summed E-state index contributed by atoms with van der Waals surface area (Å²) in [5, 5.41) is 7.92. The van der Waals surface area contributed by atoms with E-state index in [0.717, 1.165) is 19.6 Å². The van der Waals surface area contributed by atoms with Gasteiger partial charge in [-0.2, -0.15) is 0 Å². The zero-order valence-corrected chi connectivity index (χ0v) is 12.9. The lowest BCUT2D eigenvalue weighted by atomic mass is 10.1. The predicted octanol–water partition coefficient (Wildman–Crippen LogP) is 3.10. The van der Waals surface area contributed by atoms with Crippen molar-refractivity contribution in [3.8, 4) is 0 Å². The molecule has 1 fully saturated rings. The van der Waals surface area contributed by atoms with Gasteiger partial charge in [0.15, 0.2) is 0 Å². The predicted molar refractivity (Wildman–Crippen MR) is 83.6 cm³/mol. The highest BCUT2D eigenvalue weighted by atomic mass is 32.1. The number of hydrogen-bond donors (Lipinski definition) is 1. The maximum atomic E-state index is 5.70. The molecule has 0 saturated carbocycles. The fraction of sp³-hybridized carbons (Fsp3) is 0.467. The van der Waals surface area contributed by atoms with Gasteiger partial charge in [0.1, 0.15) is 0 Å². The van der Waals surface area contributed by atoms with E-state index < -0.39 is 0 Å². The van der Waals surface area contributed by atoms with Crippen molar-refractivity contribution < 1.29 is 9.47 Å². The SMILES string of the molecule is c1csc(CC(NCC2COCCO2)c2cccs2)c1. The molecule has 3 rings (SSSR count). The molecule has 1 saturated heterocycles. The van der Waals surface area contributed by atoms with Gasteiger partial charge in [-0.15, -0.1) is 22.7 Å². The molecule has 0 spiro atoms. The van der Waals surface area contributed by atoms with Crippen LogP contribution in [0.4, 0.5) is 0 Å². The van der Waals surface area contributed by atoms with Crippen LogP contribution in [0.3, 0.4) is 0 Å². The van der Waals surface area contributed by atoms with Crippen molar-refractivity contribution in [2.45, 2.75) is 18.6 Å². The Morgan fingerprint density at radius 3 is 2.80 bits per heavy atom. The van der Waals surface area contributed by atoms with Crippen LogP contribution in [0.2, 0.25) is 0 Å². The monoisotopic (exact) mass is 309 g/mol. The van der Waals surface area contributed by atoms with Gasteiger partial charge in [-0.1, -0.05) is 12.1 Å². The van der Waals surface area contributed by atoms with Crippen LogP contribution in [0, 0.1) is 0 Å². The molecule has 0 aliphatic carbocycles. The highest BCUT2D eigenvalue weighted by Crippen LogP contribution is 2.25. The van der Waals surface area contributed by atoms with Crippen LogP contribution in [0.1, 0.15) is 15.8 Å². The second-order valence-electron chi connectivity index (χ2n) is 4.83. The van der Waals surface area contributed by atoms with E-state index >= 15 is 0 Å². The average molecular weight is 309 g/mol. The molecule has 3 nitrogen and oxygen atoms in total. The summed E-state index contributed by atoms with van der Waals surface area (Å²) in [7, 11) is 0. The highest BCUT2D eigenvalue weighted by molar-refractivity contribution is 7.10. The number of thiophene rings is 2.